The van der Waals surface area contributed by atoms with E-state index in [0.717, 1.165) is 19.3 Å². The summed E-state index contributed by atoms with van der Waals surface area (Å²) in [4.78, 5) is 14.0. The average Bonchev–Trinajstić information content (AvgIpc) is 2.45. The van der Waals surface area contributed by atoms with Crippen LogP contribution in [0, 0.1) is 5.92 Å². The Balaban J connectivity index is 1.92. The quantitative estimate of drug-likeness (QED) is 0.800. The van der Waals surface area contributed by atoms with E-state index < -0.39 is 10.0 Å². The van der Waals surface area contributed by atoms with Gasteiger partial charge in [-0.05, 0) is 31.4 Å². The zero-order valence-corrected chi connectivity index (χ0v) is 14.8. The van der Waals surface area contributed by atoms with Crippen LogP contribution in [0.25, 0.3) is 0 Å². The Kier molecular flexibility index (Phi) is 5.62. The van der Waals surface area contributed by atoms with Crippen LogP contribution in [0.5, 0.6) is 0 Å². The smallest absolute Gasteiger partial charge is 0.256 e. The number of sulfonamides is 1. The third kappa shape index (κ3) is 5.20. The fourth-order valence-corrected chi connectivity index (χ4v) is 3.52. The molecule has 6 nitrogen and oxygen atoms in total. The fourth-order valence-electron chi connectivity index (χ4n) is 2.55. The largest absolute Gasteiger partial charge is 0.350 e. The minimum absolute atomic E-state index is 0.0264. The van der Waals surface area contributed by atoms with Crippen LogP contribution in [0.4, 0.5) is 0 Å². The van der Waals surface area contributed by atoms with Crippen LogP contribution in [0.2, 0.25) is 0 Å². The lowest BCUT2D eigenvalue weighted by Crippen LogP contribution is -2.39. The first kappa shape index (κ1) is 17.7. The minimum Gasteiger partial charge on any atom is -0.350 e. The third-order valence-corrected chi connectivity index (χ3v) is 5.05. The molecule has 0 aliphatic carbocycles. The number of hydrogen-bond donors (Lipinski definition) is 1. The van der Waals surface area contributed by atoms with Crippen LogP contribution < -0.4 is 5.32 Å². The Bertz CT molecular complexity index is 647. The predicted molar refractivity (Wildman–Crippen MR) is 91.4 cm³/mol. The Morgan fingerprint density at radius 2 is 2.04 bits per heavy atom. The van der Waals surface area contributed by atoms with E-state index in [2.05, 4.69) is 23.6 Å². The Morgan fingerprint density at radius 1 is 1.30 bits per heavy atom. The van der Waals surface area contributed by atoms with Gasteiger partial charge in [0.2, 0.25) is 0 Å². The second-order valence-corrected chi connectivity index (χ2v) is 8.30. The van der Waals surface area contributed by atoms with Crippen LogP contribution in [0.1, 0.15) is 40.0 Å². The monoisotopic (exact) mass is 339 g/mol. The van der Waals surface area contributed by atoms with E-state index in [1.54, 1.807) is 23.3 Å². The summed E-state index contributed by atoms with van der Waals surface area (Å²) >= 11 is 0. The van der Waals surface area contributed by atoms with E-state index in [-0.39, 0.29) is 17.7 Å². The molecule has 0 aromatic heterocycles. The molecule has 0 spiro atoms. The maximum absolute atomic E-state index is 12.3. The number of nitrogens with one attached hydrogen (secondary N) is 1. The number of amides is 1. The van der Waals surface area contributed by atoms with Crippen LogP contribution in [0.3, 0.4) is 0 Å². The zero-order chi connectivity index (χ0) is 17.0. The summed E-state index contributed by atoms with van der Waals surface area (Å²) in [5, 5.41) is 2.99. The van der Waals surface area contributed by atoms with Crippen molar-refractivity contribution in [2.24, 2.45) is 10.3 Å². The van der Waals surface area contributed by atoms with Crippen molar-refractivity contribution < 1.29 is 13.2 Å². The van der Waals surface area contributed by atoms with Gasteiger partial charge in [0.05, 0.1) is 11.3 Å². The molecule has 0 aromatic carbocycles. The lowest BCUT2D eigenvalue weighted by atomic mass is 10.0. The Morgan fingerprint density at radius 3 is 2.74 bits per heavy atom. The van der Waals surface area contributed by atoms with Crippen molar-refractivity contribution in [1.29, 1.82) is 0 Å². The standard InChI is InChI=1S/C16H25N3O3S/c1-12(2)5-4-6-13(3)17-16(20)14-7-8-15-18-23(21,22)10-9-19(15)11-14/h7-8,11-13H,4-6,9-10H2,1-3H3,(H,17,20). The molecule has 23 heavy (non-hydrogen) atoms. The second kappa shape index (κ2) is 7.29. The van der Waals surface area contributed by atoms with Gasteiger partial charge in [-0.1, -0.05) is 26.7 Å². The van der Waals surface area contributed by atoms with Crippen molar-refractivity contribution in [2.75, 3.05) is 12.3 Å². The molecule has 1 unspecified atom stereocenters. The van der Waals surface area contributed by atoms with Crippen LogP contribution in [0.15, 0.2) is 28.3 Å². The lowest BCUT2D eigenvalue weighted by Gasteiger charge is -2.27. The number of rotatable bonds is 6. The summed E-state index contributed by atoms with van der Waals surface area (Å²) in [6.07, 6.45) is 8.07. The van der Waals surface area contributed by atoms with E-state index in [4.69, 9.17) is 0 Å². The molecule has 7 heteroatoms. The Hall–Kier alpha value is -1.63. The van der Waals surface area contributed by atoms with Gasteiger partial charge in [-0.2, -0.15) is 0 Å². The van der Waals surface area contributed by atoms with E-state index in [9.17, 15) is 13.2 Å². The van der Waals surface area contributed by atoms with Crippen molar-refractivity contribution in [3.63, 3.8) is 0 Å². The molecule has 2 heterocycles. The van der Waals surface area contributed by atoms with Crippen molar-refractivity contribution >= 4 is 21.8 Å². The lowest BCUT2D eigenvalue weighted by molar-refractivity contribution is -0.117. The van der Waals surface area contributed by atoms with Gasteiger partial charge >= 0.3 is 0 Å². The molecule has 0 saturated heterocycles. The highest BCUT2D eigenvalue weighted by molar-refractivity contribution is 7.90. The molecule has 2 rings (SSSR count). The molecule has 2 aliphatic heterocycles. The summed E-state index contributed by atoms with van der Waals surface area (Å²) in [6, 6.07) is 0.118. The molecule has 0 radical (unpaired) electrons. The molecule has 0 saturated carbocycles. The Labute approximate surface area is 138 Å². The van der Waals surface area contributed by atoms with E-state index in [0.29, 0.717) is 23.9 Å². The van der Waals surface area contributed by atoms with Crippen LogP contribution >= 0.6 is 0 Å². The molecule has 0 bridgehead atoms. The molecule has 0 aromatic rings. The van der Waals surface area contributed by atoms with Gasteiger partial charge in [-0.15, -0.1) is 4.40 Å². The van der Waals surface area contributed by atoms with Gasteiger partial charge in [0.25, 0.3) is 15.9 Å². The molecule has 128 valence electrons. The average molecular weight is 339 g/mol. The first-order chi connectivity index (χ1) is 10.8. The predicted octanol–water partition coefficient (Wildman–Crippen LogP) is 1.81. The summed E-state index contributed by atoms with van der Waals surface area (Å²) in [7, 11) is -3.36. The van der Waals surface area contributed by atoms with Crippen LogP contribution in [-0.2, 0) is 14.8 Å². The van der Waals surface area contributed by atoms with Crippen molar-refractivity contribution in [1.82, 2.24) is 10.2 Å². The summed E-state index contributed by atoms with van der Waals surface area (Å²) in [6.45, 7) is 6.72. The SMILES string of the molecule is CC(C)CCCC(C)NC(=O)C1=CN2CCS(=O)(=O)N=C2C=C1. The van der Waals surface area contributed by atoms with Crippen molar-refractivity contribution in [3.8, 4) is 0 Å². The third-order valence-electron chi connectivity index (χ3n) is 3.88. The fraction of sp³-hybridized carbons (Fsp3) is 0.625. The van der Waals surface area contributed by atoms with Gasteiger partial charge in [0, 0.05) is 18.8 Å². The number of amidine groups is 1. The van der Waals surface area contributed by atoms with Gasteiger partial charge in [-0.3, -0.25) is 4.79 Å². The number of nitrogens with zero attached hydrogens (tertiary/aromatic N) is 2. The first-order valence-corrected chi connectivity index (χ1v) is 9.68. The molecule has 1 amide bonds. The molecule has 2 aliphatic rings. The highest BCUT2D eigenvalue weighted by Crippen LogP contribution is 2.16. The summed E-state index contributed by atoms with van der Waals surface area (Å²) in [5.41, 5.74) is 0.527. The second-order valence-electron chi connectivity index (χ2n) is 6.55. The zero-order valence-electron chi connectivity index (χ0n) is 13.9. The minimum atomic E-state index is -3.36. The van der Waals surface area contributed by atoms with Gasteiger partial charge in [0.1, 0.15) is 5.84 Å². The number of fused-ring (bicyclic) bond motifs is 1. The van der Waals surface area contributed by atoms with E-state index in [1.807, 2.05) is 6.92 Å². The molecular formula is C16H25N3O3S. The van der Waals surface area contributed by atoms with Crippen molar-refractivity contribution in [3.05, 3.63) is 23.9 Å². The maximum atomic E-state index is 12.3. The van der Waals surface area contributed by atoms with Gasteiger partial charge < -0.3 is 10.2 Å². The topological polar surface area (TPSA) is 78.8 Å². The van der Waals surface area contributed by atoms with Crippen molar-refractivity contribution in [2.45, 2.75) is 46.1 Å². The number of carbonyl (C=O) groups excluding carboxylic acids is 1. The van der Waals surface area contributed by atoms with Crippen LogP contribution in [-0.4, -0.2) is 43.4 Å². The molecule has 1 N–H and O–H groups in total. The first-order valence-electron chi connectivity index (χ1n) is 8.07. The highest BCUT2D eigenvalue weighted by Gasteiger charge is 2.25. The highest BCUT2D eigenvalue weighted by atomic mass is 32.2. The maximum Gasteiger partial charge on any atom is 0.256 e. The van der Waals surface area contributed by atoms with Gasteiger partial charge in [-0.25, -0.2) is 8.42 Å². The van der Waals surface area contributed by atoms with E-state index in [1.165, 1.54) is 0 Å². The molecule has 0 fully saturated rings. The number of carbonyl (C=O) groups is 1. The normalized spacial score (nSPS) is 20.6. The van der Waals surface area contributed by atoms with Gasteiger partial charge in [0.15, 0.2) is 0 Å². The summed E-state index contributed by atoms with van der Waals surface area (Å²) in [5.74, 6) is 0.889. The van der Waals surface area contributed by atoms with E-state index >= 15 is 0 Å². The summed E-state index contributed by atoms with van der Waals surface area (Å²) < 4.78 is 26.6. The number of hydrogen-bond acceptors (Lipinski definition) is 4. The molecular weight excluding hydrogens is 314 g/mol. The molecule has 1 atom stereocenters.